The number of anilines is 1. The molecular weight excluding hydrogens is 332 g/mol. The van der Waals surface area contributed by atoms with Gasteiger partial charge in [-0.25, -0.2) is 13.6 Å². The molecule has 2 rings (SSSR count). The van der Waals surface area contributed by atoms with E-state index < -0.39 is 10.0 Å². The average Bonchev–Trinajstić information content (AvgIpc) is 2.76. The summed E-state index contributed by atoms with van der Waals surface area (Å²) >= 11 is 3.45. The van der Waals surface area contributed by atoms with Gasteiger partial charge in [0.2, 0.25) is 5.09 Å². The van der Waals surface area contributed by atoms with Crippen LogP contribution in [0.5, 0.6) is 0 Å². The predicted octanol–water partition coefficient (Wildman–Crippen LogP) is 2.61. The Morgan fingerprint density at radius 3 is 2.63 bits per heavy atom. The fraction of sp³-hybridized carbons (Fsp3) is 0.167. The summed E-state index contributed by atoms with van der Waals surface area (Å²) in [6.45, 7) is 2.37. The van der Waals surface area contributed by atoms with Crippen molar-refractivity contribution in [2.75, 3.05) is 5.32 Å². The lowest BCUT2D eigenvalue weighted by atomic mass is 10.2. The molecule has 0 fully saturated rings. The molecule has 1 heterocycles. The van der Waals surface area contributed by atoms with Crippen LogP contribution < -0.4 is 10.5 Å². The molecular formula is C12H13BrN2O3S. The Bertz CT molecular complexity index is 695. The molecule has 0 unspecified atom stereocenters. The van der Waals surface area contributed by atoms with Gasteiger partial charge in [-0.2, -0.15) is 0 Å². The lowest BCUT2D eigenvalue weighted by molar-refractivity contribution is 0.419. The van der Waals surface area contributed by atoms with Crippen LogP contribution in [-0.2, 0) is 16.6 Å². The van der Waals surface area contributed by atoms with Crippen LogP contribution in [0.15, 0.2) is 44.3 Å². The monoisotopic (exact) mass is 344 g/mol. The van der Waals surface area contributed by atoms with Crippen LogP contribution in [0.2, 0.25) is 0 Å². The van der Waals surface area contributed by atoms with Crippen molar-refractivity contribution in [1.29, 1.82) is 0 Å². The Labute approximate surface area is 120 Å². The van der Waals surface area contributed by atoms with Crippen LogP contribution in [0, 0.1) is 6.92 Å². The Balaban J connectivity index is 2.09. The van der Waals surface area contributed by atoms with Gasteiger partial charge in [0.15, 0.2) is 0 Å². The van der Waals surface area contributed by atoms with Gasteiger partial charge in [-0.3, -0.25) is 0 Å². The van der Waals surface area contributed by atoms with E-state index in [1.807, 2.05) is 25.1 Å². The highest BCUT2D eigenvalue weighted by Crippen LogP contribution is 2.24. The largest absolute Gasteiger partial charge is 0.446 e. The van der Waals surface area contributed by atoms with Gasteiger partial charge in [0.25, 0.3) is 10.0 Å². The Morgan fingerprint density at radius 1 is 1.32 bits per heavy atom. The topological polar surface area (TPSA) is 85.3 Å². The van der Waals surface area contributed by atoms with Crippen LogP contribution in [0.4, 0.5) is 5.69 Å². The molecule has 0 atom stereocenters. The maximum absolute atomic E-state index is 11.1. The van der Waals surface area contributed by atoms with E-state index in [1.165, 1.54) is 6.07 Å². The minimum Gasteiger partial charge on any atom is -0.446 e. The molecule has 0 aliphatic rings. The van der Waals surface area contributed by atoms with E-state index in [0.717, 1.165) is 15.7 Å². The number of sulfonamides is 1. The average molecular weight is 345 g/mol. The first-order chi connectivity index (χ1) is 8.86. The van der Waals surface area contributed by atoms with Crippen LogP contribution in [0.25, 0.3) is 0 Å². The number of furan rings is 1. The SMILES string of the molecule is Cc1ccc(NCc2ccc(S(N)(=O)=O)o2)c(Br)c1. The van der Waals surface area contributed by atoms with Crippen molar-refractivity contribution < 1.29 is 12.8 Å². The van der Waals surface area contributed by atoms with Gasteiger partial charge < -0.3 is 9.73 Å². The van der Waals surface area contributed by atoms with E-state index in [4.69, 9.17) is 9.56 Å². The van der Waals surface area contributed by atoms with Crippen LogP contribution in [-0.4, -0.2) is 8.42 Å². The maximum Gasteiger partial charge on any atom is 0.271 e. The number of hydrogen-bond donors (Lipinski definition) is 2. The molecule has 0 saturated heterocycles. The molecule has 0 saturated carbocycles. The minimum absolute atomic E-state index is 0.229. The van der Waals surface area contributed by atoms with E-state index in [0.29, 0.717) is 12.3 Å². The highest BCUT2D eigenvalue weighted by Gasteiger charge is 2.13. The lowest BCUT2D eigenvalue weighted by Gasteiger charge is -2.07. The van der Waals surface area contributed by atoms with E-state index in [9.17, 15) is 8.42 Å². The third-order valence-corrected chi connectivity index (χ3v) is 3.93. The van der Waals surface area contributed by atoms with Gasteiger partial charge in [0, 0.05) is 10.2 Å². The van der Waals surface area contributed by atoms with Crippen molar-refractivity contribution >= 4 is 31.6 Å². The van der Waals surface area contributed by atoms with E-state index in [-0.39, 0.29) is 5.09 Å². The molecule has 0 radical (unpaired) electrons. The van der Waals surface area contributed by atoms with Crippen molar-refractivity contribution in [3.63, 3.8) is 0 Å². The predicted molar refractivity (Wildman–Crippen MR) is 76.3 cm³/mol. The molecule has 1 aromatic carbocycles. The van der Waals surface area contributed by atoms with E-state index in [1.54, 1.807) is 6.07 Å². The number of primary sulfonamides is 1. The second-order valence-electron chi connectivity index (χ2n) is 4.10. The number of hydrogen-bond acceptors (Lipinski definition) is 4. The summed E-state index contributed by atoms with van der Waals surface area (Å²) in [5.41, 5.74) is 2.05. The highest BCUT2D eigenvalue weighted by molar-refractivity contribution is 9.10. The lowest BCUT2D eigenvalue weighted by Crippen LogP contribution is -2.10. The highest BCUT2D eigenvalue weighted by atomic mass is 79.9. The van der Waals surface area contributed by atoms with Gasteiger partial charge in [-0.05, 0) is 52.7 Å². The quantitative estimate of drug-likeness (QED) is 0.892. The van der Waals surface area contributed by atoms with E-state index >= 15 is 0 Å². The summed E-state index contributed by atoms with van der Waals surface area (Å²) in [5, 5.41) is 7.88. The standard InChI is InChI=1S/C12H13BrN2O3S/c1-8-2-4-11(10(13)6-8)15-7-9-3-5-12(18-9)19(14,16)17/h2-6,15H,7H2,1H3,(H2,14,16,17). The number of rotatable bonds is 4. The first kappa shape index (κ1) is 14.1. The first-order valence-electron chi connectivity index (χ1n) is 5.48. The minimum atomic E-state index is -3.78. The summed E-state index contributed by atoms with van der Waals surface area (Å²) < 4.78 is 28.2. The second kappa shape index (κ2) is 5.36. The summed E-state index contributed by atoms with van der Waals surface area (Å²) in [6.07, 6.45) is 0. The Morgan fingerprint density at radius 2 is 2.05 bits per heavy atom. The number of benzene rings is 1. The smallest absolute Gasteiger partial charge is 0.271 e. The molecule has 0 amide bonds. The molecule has 2 aromatic rings. The fourth-order valence-electron chi connectivity index (χ4n) is 1.55. The number of halogens is 1. The van der Waals surface area contributed by atoms with Crippen molar-refractivity contribution in [3.05, 3.63) is 46.1 Å². The van der Waals surface area contributed by atoms with Crippen molar-refractivity contribution in [2.24, 2.45) is 5.14 Å². The summed E-state index contributed by atoms with van der Waals surface area (Å²) in [6, 6.07) is 8.82. The van der Waals surface area contributed by atoms with E-state index in [2.05, 4.69) is 21.2 Å². The Kier molecular flexibility index (Phi) is 3.98. The molecule has 7 heteroatoms. The molecule has 0 spiro atoms. The third kappa shape index (κ3) is 3.59. The molecule has 1 aromatic heterocycles. The zero-order valence-corrected chi connectivity index (χ0v) is 12.6. The summed E-state index contributed by atoms with van der Waals surface area (Å²) in [7, 11) is -3.78. The maximum atomic E-state index is 11.1. The third-order valence-electron chi connectivity index (χ3n) is 2.50. The fourth-order valence-corrected chi connectivity index (χ4v) is 2.67. The summed E-state index contributed by atoms with van der Waals surface area (Å²) in [4.78, 5) is 0. The zero-order chi connectivity index (χ0) is 14.0. The Hall–Kier alpha value is -1.31. The van der Waals surface area contributed by atoms with Crippen molar-refractivity contribution in [3.8, 4) is 0 Å². The molecule has 5 nitrogen and oxygen atoms in total. The van der Waals surface area contributed by atoms with Gasteiger partial charge in [0.05, 0.1) is 6.54 Å². The number of nitrogens with two attached hydrogens (primary N) is 1. The normalized spacial score (nSPS) is 11.5. The van der Waals surface area contributed by atoms with Crippen LogP contribution >= 0.6 is 15.9 Å². The van der Waals surface area contributed by atoms with Gasteiger partial charge in [0.1, 0.15) is 5.76 Å². The van der Waals surface area contributed by atoms with Gasteiger partial charge in [-0.15, -0.1) is 0 Å². The molecule has 3 N–H and O–H groups in total. The van der Waals surface area contributed by atoms with Crippen molar-refractivity contribution in [2.45, 2.75) is 18.6 Å². The number of nitrogens with one attached hydrogen (secondary N) is 1. The second-order valence-corrected chi connectivity index (χ2v) is 6.45. The van der Waals surface area contributed by atoms with Crippen LogP contribution in [0.3, 0.4) is 0 Å². The molecule has 102 valence electrons. The van der Waals surface area contributed by atoms with Crippen LogP contribution in [0.1, 0.15) is 11.3 Å². The molecule has 0 aliphatic heterocycles. The summed E-state index contributed by atoms with van der Waals surface area (Å²) in [5.74, 6) is 0.497. The first-order valence-corrected chi connectivity index (χ1v) is 7.82. The van der Waals surface area contributed by atoms with Gasteiger partial charge >= 0.3 is 0 Å². The molecule has 0 bridgehead atoms. The molecule has 0 aliphatic carbocycles. The van der Waals surface area contributed by atoms with Crippen molar-refractivity contribution in [1.82, 2.24) is 0 Å². The molecule has 19 heavy (non-hydrogen) atoms. The van der Waals surface area contributed by atoms with Gasteiger partial charge in [-0.1, -0.05) is 6.07 Å². The zero-order valence-electron chi connectivity index (χ0n) is 10.2. The number of aryl methyl sites for hydroxylation is 1.